The lowest BCUT2D eigenvalue weighted by Gasteiger charge is -2.36. The summed E-state index contributed by atoms with van der Waals surface area (Å²) in [6.07, 6.45) is 4.65. The Hall–Kier alpha value is -4.86. The molecule has 0 radical (unpaired) electrons. The van der Waals surface area contributed by atoms with E-state index in [1.165, 1.54) is 0 Å². The number of likely N-dealkylation sites (tertiary alicyclic amines) is 1. The first kappa shape index (κ1) is 36.9. The molecule has 3 heterocycles. The summed E-state index contributed by atoms with van der Waals surface area (Å²) in [6.45, 7) is 20.5. The zero-order chi connectivity index (χ0) is 37.3. The molecule has 10 nitrogen and oxygen atoms in total. The maximum Gasteiger partial charge on any atom is 0.321 e. The summed E-state index contributed by atoms with van der Waals surface area (Å²) in [6, 6.07) is 19.9. The number of H-pyrrole nitrogens is 2. The predicted molar refractivity (Wildman–Crippen MR) is 211 cm³/mol. The zero-order valence-electron chi connectivity index (χ0n) is 32.4. The van der Waals surface area contributed by atoms with Crippen LogP contribution in [0.5, 0.6) is 0 Å². The molecule has 1 aliphatic heterocycles. The molecule has 0 spiro atoms. The molecule has 6 rings (SSSR count). The Morgan fingerprint density at radius 3 is 2.08 bits per heavy atom. The van der Waals surface area contributed by atoms with Crippen molar-refractivity contribution in [3.8, 4) is 22.4 Å². The normalized spacial score (nSPS) is 14.9. The molecule has 52 heavy (non-hydrogen) atoms. The average molecular weight is 705 g/mol. The van der Waals surface area contributed by atoms with E-state index in [1.54, 1.807) is 0 Å². The van der Waals surface area contributed by atoms with Gasteiger partial charge in [-0.1, -0.05) is 37.3 Å². The highest BCUT2D eigenvalue weighted by atomic mass is 16.2. The highest BCUT2D eigenvalue weighted by Gasteiger charge is 2.36. The van der Waals surface area contributed by atoms with Crippen LogP contribution in [0.15, 0.2) is 60.8 Å². The highest BCUT2D eigenvalue weighted by molar-refractivity contribution is 5.92. The number of aromatic nitrogens is 4. The molecule has 2 aromatic heterocycles. The minimum Gasteiger partial charge on any atom is -0.340 e. The van der Waals surface area contributed by atoms with Gasteiger partial charge in [-0.15, -0.1) is 0 Å². The number of fused-ring (bicyclic) bond motifs is 2. The van der Waals surface area contributed by atoms with E-state index in [0.29, 0.717) is 13.1 Å². The Morgan fingerprint density at radius 2 is 1.42 bits per heavy atom. The molecule has 1 fully saturated rings. The van der Waals surface area contributed by atoms with E-state index in [1.807, 2.05) is 25.8 Å². The van der Waals surface area contributed by atoms with Crippen LogP contribution in [0.3, 0.4) is 0 Å². The average Bonchev–Trinajstić information content (AvgIpc) is 3.86. The van der Waals surface area contributed by atoms with Gasteiger partial charge < -0.3 is 29.6 Å². The number of urea groups is 2. The third-order valence-corrected chi connectivity index (χ3v) is 10.2. The second-order valence-corrected chi connectivity index (χ2v) is 15.4. The molecule has 5 aromatic rings. The zero-order valence-corrected chi connectivity index (χ0v) is 32.4. The van der Waals surface area contributed by atoms with E-state index < -0.39 is 0 Å². The fourth-order valence-electron chi connectivity index (χ4n) is 7.92. The maximum atomic E-state index is 13.6. The number of carbonyl (C=O) groups is 2. The first-order valence-corrected chi connectivity index (χ1v) is 19.1. The number of nitrogens with zero attached hydrogens (tertiary/aromatic N) is 6. The Bertz CT molecular complexity index is 2010. The molecular weight excluding hydrogens is 649 g/mol. The monoisotopic (exact) mass is 704 g/mol. The molecule has 0 bridgehead atoms. The van der Waals surface area contributed by atoms with Crippen LogP contribution in [0.25, 0.3) is 44.2 Å². The minimum atomic E-state index is -0.0505. The summed E-state index contributed by atoms with van der Waals surface area (Å²) in [5, 5.41) is 2.29. The lowest BCUT2D eigenvalue weighted by atomic mass is 9.99. The smallest absolute Gasteiger partial charge is 0.321 e. The van der Waals surface area contributed by atoms with Crippen LogP contribution in [0.4, 0.5) is 9.59 Å². The van der Waals surface area contributed by atoms with Crippen molar-refractivity contribution in [1.29, 1.82) is 0 Å². The number of hydrogen-bond acceptors (Lipinski definition) is 4. The summed E-state index contributed by atoms with van der Waals surface area (Å²) < 4.78 is 0. The van der Waals surface area contributed by atoms with Gasteiger partial charge in [0.15, 0.2) is 0 Å². The minimum absolute atomic E-state index is 0.0486. The van der Waals surface area contributed by atoms with Crippen LogP contribution in [-0.4, -0.2) is 88.9 Å². The SMILES string of the molecule is CCCN(Cc1nc2ccc(-c3ccc4cc(-c5cnc([C@@H]6CCCN6C(=O)N(C(C)C)C(C)C)[nH]5)ccc4c3)cc2[nH]1)C(=O)N(C(C)C)C(C)C. The topological polar surface area (TPSA) is 104 Å². The van der Waals surface area contributed by atoms with Crippen molar-refractivity contribution in [1.82, 2.24) is 39.5 Å². The van der Waals surface area contributed by atoms with Gasteiger partial charge in [0.1, 0.15) is 11.6 Å². The van der Waals surface area contributed by atoms with Crippen molar-refractivity contribution in [2.24, 2.45) is 0 Å². The van der Waals surface area contributed by atoms with Gasteiger partial charge in [-0.2, -0.15) is 0 Å². The number of aromatic amines is 2. The maximum absolute atomic E-state index is 13.6. The van der Waals surface area contributed by atoms with Crippen LogP contribution >= 0.6 is 0 Å². The van der Waals surface area contributed by atoms with Crippen molar-refractivity contribution >= 4 is 33.9 Å². The third-order valence-electron chi connectivity index (χ3n) is 10.2. The van der Waals surface area contributed by atoms with Crippen molar-refractivity contribution in [2.75, 3.05) is 13.1 Å². The second-order valence-electron chi connectivity index (χ2n) is 15.4. The standard InChI is InChI=1S/C42H56N8O2/c1-10-19-47(41(51)49(26(2)3)27(4)5)25-39-44-35-18-17-33(23-36(35)45-39)31-13-14-32-22-34(16-15-30(32)21-31)37-24-43-40(46-37)38-12-11-20-48(38)42(52)50(28(6)7)29(8)9/h13-18,21-24,26-29,38H,10-12,19-20,25H2,1-9H3,(H,43,46)(H,44,45)/t38-/m0/s1. The quantitative estimate of drug-likeness (QED) is 0.143. The van der Waals surface area contributed by atoms with Crippen LogP contribution in [0, 0.1) is 0 Å². The molecule has 1 atom stereocenters. The highest BCUT2D eigenvalue weighted by Crippen LogP contribution is 2.34. The number of nitrogens with one attached hydrogen (secondary N) is 2. The summed E-state index contributed by atoms with van der Waals surface area (Å²) >= 11 is 0. The van der Waals surface area contributed by atoms with Crippen molar-refractivity contribution in [3.05, 3.63) is 72.4 Å². The van der Waals surface area contributed by atoms with E-state index in [-0.39, 0.29) is 42.3 Å². The molecule has 0 aliphatic carbocycles. The van der Waals surface area contributed by atoms with Gasteiger partial charge in [0.2, 0.25) is 0 Å². The lowest BCUT2D eigenvalue weighted by molar-refractivity contribution is 0.119. The number of amides is 4. The number of imidazole rings is 2. The van der Waals surface area contributed by atoms with E-state index in [4.69, 9.17) is 9.97 Å². The number of rotatable bonds is 11. The molecule has 10 heteroatoms. The van der Waals surface area contributed by atoms with Crippen molar-refractivity contribution < 1.29 is 9.59 Å². The molecule has 276 valence electrons. The van der Waals surface area contributed by atoms with Gasteiger partial charge in [0.05, 0.1) is 35.5 Å². The molecule has 0 unspecified atom stereocenters. The third kappa shape index (κ3) is 7.52. The van der Waals surface area contributed by atoms with E-state index in [0.717, 1.165) is 81.6 Å². The largest absolute Gasteiger partial charge is 0.340 e. The summed E-state index contributed by atoms with van der Waals surface area (Å²) in [5.41, 5.74) is 6.08. The molecule has 2 N–H and O–H groups in total. The van der Waals surface area contributed by atoms with Crippen molar-refractivity contribution in [3.63, 3.8) is 0 Å². The Labute approximate surface area is 308 Å². The van der Waals surface area contributed by atoms with Crippen LogP contribution in [0.2, 0.25) is 0 Å². The van der Waals surface area contributed by atoms with Crippen LogP contribution in [-0.2, 0) is 6.54 Å². The number of benzene rings is 3. The van der Waals surface area contributed by atoms with Crippen LogP contribution < -0.4 is 0 Å². The Morgan fingerprint density at radius 1 is 0.808 bits per heavy atom. The first-order valence-electron chi connectivity index (χ1n) is 19.1. The van der Waals surface area contributed by atoms with Crippen molar-refractivity contribution in [2.45, 2.75) is 118 Å². The van der Waals surface area contributed by atoms with E-state index in [9.17, 15) is 9.59 Å². The van der Waals surface area contributed by atoms with Gasteiger partial charge in [-0.3, -0.25) is 0 Å². The predicted octanol–water partition coefficient (Wildman–Crippen LogP) is 9.60. The first-order chi connectivity index (χ1) is 24.9. The van der Waals surface area contributed by atoms with Gasteiger partial charge >= 0.3 is 12.1 Å². The van der Waals surface area contributed by atoms with E-state index in [2.05, 4.69) is 127 Å². The number of carbonyl (C=O) groups excluding carboxylic acids is 2. The second kappa shape index (κ2) is 15.4. The fraction of sp³-hybridized carbons (Fsp3) is 0.476. The van der Waals surface area contributed by atoms with E-state index >= 15 is 0 Å². The Kier molecular flexibility index (Phi) is 10.9. The lowest BCUT2D eigenvalue weighted by Crippen LogP contribution is -2.49. The van der Waals surface area contributed by atoms with Gasteiger partial charge in [0, 0.05) is 42.8 Å². The molecule has 1 saturated heterocycles. The molecule has 4 amide bonds. The molecule has 3 aromatic carbocycles. The molecular formula is C42H56N8O2. The molecule has 0 saturated carbocycles. The van der Waals surface area contributed by atoms with Gasteiger partial charge in [-0.05, 0) is 121 Å². The van der Waals surface area contributed by atoms with Gasteiger partial charge in [0.25, 0.3) is 0 Å². The number of hydrogen-bond donors (Lipinski definition) is 2. The fourth-order valence-corrected chi connectivity index (χ4v) is 7.92. The summed E-state index contributed by atoms with van der Waals surface area (Å²) in [4.78, 5) is 51.6. The summed E-state index contributed by atoms with van der Waals surface area (Å²) in [5.74, 6) is 1.63. The Balaban J connectivity index is 1.19. The summed E-state index contributed by atoms with van der Waals surface area (Å²) in [7, 11) is 0. The molecule has 1 aliphatic rings. The van der Waals surface area contributed by atoms with Gasteiger partial charge in [-0.25, -0.2) is 19.6 Å². The van der Waals surface area contributed by atoms with Crippen LogP contribution in [0.1, 0.15) is 99.3 Å².